The van der Waals surface area contributed by atoms with E-state index in [0.29, 0.717) is 36.4 Å². The van der Waals surface area contributed by atoms with Gasteiger partial charge in [0.25, 0.3) is 0 Å². The summed E-state index contributed by atoms with van der Waals surface area (Å²) < 4.78 is 12.2. The van der Waals surface area contributed by atoms with E-state index in [1.54, 1.807) is 0 Å². The van der Waals surface area contributed by atoms with Crippen molar-refractivity contribution in [2.75, 3.05) is 13.2 Å². The Morgan fingerprint density at radius 3 is 1.81 bits per heavy atom. The standard InChI is InChI=1S/C18H32O2Si/c1-15(2)21(16(3)4,17(5)6)20-13-12-19-14-18-10-8-7-9-11-18/h7-11,15-17H,12-14H2,1-6H3. The molecular formula is C18H32O2Si. The predicted molar refractivity (Wildman–Crippen MR) is 93.1 cm³/mol. The molecule has 0 heterocycles. The van der Waals surface area contributed by atoms with Crippen molar-refractivity contribution in [1.29, 1.82) is 0 Å². The molecule has 0 aromatic heterocycles. The Hall–Kier alpha value is -0.643. The molecule has 0 aliphatic carbocycles. The molecule has 0 radical (unpaired) electrons. The van der Waals surface area contributed by atoms with Crippen LogP contribution >= 0.6 is 0 Å². The van der Waals surface area contributed by atoms with Gasteiger partial charge < -0.3 is 9.16 Å². The minimum Gasteiger partial charge on any atom is -0.414 e. The Labute approximate surface area is 132 Å². The predicted octanol–water partition coefficient (Wildman–Crippen LogP) is 5.40. The van der Waals surface area contributed by atoms with Crippen molar-refractivity contribution >= 4 is 8.32 Å². The summed E-state index contributed by atoms with van der Waals surface area (Å²) in [6.07, 6.45) is 0. The summed E-state index contributed by atoms with van der Waals surface area (Å²) in [7, 11) is -1.74. The van der Waals surface area contributed by atoms with Gasteiger partial charge in [0, 0.05) is 0 Å². The fraction of sp³-hybridized carbons (Fsp3) is 0.667. The number of rotatable bonds is 9. The molecule has 0 aliphatic heterocycles. The second-order valence-electron chi connectivity index (χ2n) is 6.70. The van der Waals surface area contributed by atoms with E-state index in [1.165, 1.54) is 5.56 Å². The van der Waals surface area contributed by atoms with Crippen LogP contribution in [0.4, 0.5) is 0 Å². The maximum Gasteiger partial charge on any atom is 0.200 e. The SMILES string of the molecule is CC(C)[Si](OCCOCc1ccccc1)(C(C)C)C(C)C. The molecule has 0 fully saturated rings. The summed E-state index contributed by atoms with van der Waals surface area (Å²) in [6.45, 7) is 16.0. The molecule has 21 heavy (non-hydrogen) atoms. The summed E-state index contributed by atoms with van der Waals surface area (Å²) in [6, 6.07) is 10.3. The summed E-state index contributed by atoms with van der Waals surface area (Å²) >= 11 is 0. The van der Waals surface area contributed by atoms with E-state index in [1.807, 2.05) is 18.2 Å². The topological polar surface area (TPSA) is 18.5 Å². The van der Waals surface area contributed by atoms with Gasteiger partial charge in [0.1, 0.15) is 0 Å². The fourth-order valence-electron chi connectivity index (χ4n) is 3.54. The summed E-state index contributed by atoms with van der Waals surface area (Å²) in [5, 5.41) is 0. The minimum atomic E-state index is -1.74. The van der Waals surface area contributed by atoms with Crippen molar-refractivity contribution < 1.29 is 9.16 Å². The molecule has 0 unspecified atom stereocenters. The molecule has 0 saturated heterocycles. The number of hydrogen-bond donors (Lipinski definition) is 0. The van der Waals surface area contributed by atoms with Gasteiger partial charge in [-0.2, -0.15) is 0 Å². The molecule has 1 aromatic rings. The monoisotopic (exact) mass is 308 g/mol. The van der Waals surface area contributed by atoms with E-state index in [0.717, 1.165) is 0 Å². The van der Waals surface area contributed by atoms with Crippen molar-refractivity contribution in [2.24, 2.45) is 0 Å². The molecule has 0 spiro atoms. The fourth-order valence-corrected chi connectivity index (χ4v) is 8.98. The number of hydrogen-bond acceptors (Lipinski definition) is 2. The van der Waals surface area contributed by atoms with Gasteiger partial charge in [-0.05, 0) is 22.2 Å². The molecule has 1 rings (SSSR count). The van der Waals surface area contributed by atoms with Gasteiger partial charge in [-0.25, -0.2) is 0 Å². The zero-order valence-electron chi connectivity index (χ0n) is 14.6. The Bertz CT molecular complexity index is 366. The first-order chi connectivity index (χ1) is 9.91. The van der Waals surface area contributed by atoms with Gasteiger partial charge in [-0.15, -0.1) is 0 Å². The van der Waals surface area contributed by atoms with Crippen molar-refractivity contribution in [3.05, 3.63) is 35.9 Å². The molecule has 0 atom stereocenters. The Balaban J connectivity index is 2.44. The van der Waals surface area contributed by atoms with E-state index in [9.17, 15) is 0 Å². The van der Waals surface area contributed by atoms with Crippen LogP contribution in [0.25, 0.3) is 0 Å². The second kappa shape index (κ2) is 8.72. The molecule has 3 heteroatoms. The van der Waals surface area contributed by atoms with Crippen LogP contribution in [0.5, 0.6) is 0 Å². The lowest BCUT2D eigenvalue weighted by molar-refractivity contribution is 0.0831. The van der Waals surface area contributed by atoms with Crippen molar-refractivity contribution in [2.45, 2.75) is 64.8 Å². The van der Waals surface area contributed by atoms with Gasteiger partial charge in [-0.1, -0.05) is 71.9 Å². The Morgan fingerprint density at radius 2 is 1.33 bits per heavy atom. The normalized spacial score (nSPS) is 12.6. The van der Waals surface area contributed by atoms with Crippen molar-refractivity contribution in [3.8, 4) is 0 Å². The van der Waals surface area contributed by atoms with Crippen LogP contribution in [0.1, 0.15) is 47.1 Å². The Morgan fingerprint density at radius 1 is 0.810 bits per heavy atom. The van der Waals surface area contributed by atoms with E-state index in [2.05, 4.69) is 53.7 Å². The van der Waals surface area contributed by atoms with E-state index in [-0.39, 0.29) is 0 Å². The van der Waals surface area contributed by atoms with Gasteiger partial charge in [0.2, 0.25) is 0 Å². The lowest BCUT2D eigenvalue weighted by Gasteiger charge is -2.42. The summed E-state index contributed by atoms with van der Waals surface area (Å²) in [4.78, 5) is 0. The molecule has 0 bridgehead atoms. The average molecular weight is 309 g/mol. The van der Waals surface area contributed by atoms with E-state index in [4.69, 9.17) is 9.16 Å². The summed E-state index contributed by atoms with van der Waals surface area (Å²) in [5.41, 5.74) is 3.11. The maximum absolute atomic E-state index is 6.47. The molecular weight excluding hydrogens is 276 g/mol. The van der Waals surface area contributed by atoms with Crippen LogP contribution < -0.4 is 0 Å². The first kappa shape index (κ1) is 18.4. The van der Waals surface area contributed by atoms with Gasteiger partial charge >= 0.3 is 0 Å². The smallest absolute Gasteiger partial charge is 0.200 e. The highest BCUT2D eigenvalue weighted by molar-refractivity contribution is 6.77. The quantitative estimate of drug-likeness (QED) is 0.449. The third kappa shape index (κ3) is 4.94. The van der Waals surface area contributed by atoms with Gasteiger partial charge in [0.15, 0.2) is 8.32 Å². The van der Waals surface area contributed by atoms with Crippen LogP contribution in [0.15, 0.2) is 30.3 Å². The second-order valence-corrected chi connectivity index (χ2v) is 12.2. The third-order valence-corrected chi connectivity index (χ3v) is 10.5. The first-order valence-electron chi connectivity index (χ1n) is 8.16. The lowest BCUT2D eigenvalue weighted by Crippen LogP contribution is -2.48. The highest BCUT2D eigenvalue weighted by atomic mass is 28.4. The third-order valence-electron chi connectivity index (χ3n) is 4.40. The number of benzene rings is 1. The lowest BCUT2D eigenvalue weighted by atomic mass is 10.2. The molecule has 120 valence electrons. The molecule has 0 amide bonds. The van der Waals surface area contributed by atoms with Crippen molar-refractivity contribution in [1.82, 2.24) is 0 Å². The largest absolute Gasteiger partial charge is 0.414 e. The van der Waals surface area contributed by atoms with Crippen LogP contribution in [-0.4, -0.2) is 21.5 Å². The minimum absolute atomic E-state index is 0.631. The zero-order chi connectivity index (χ0) is 15.9. The van der Waals surface area contributed by atoms with Crippen LogP contribution in [-0.2, 0) is 15.8 Å². The summed E-state index contributed by atoms with van der Waals surface area (Å²) in [5.74, 6) is 0. The van der Waals surface area contributed by atoms with Crippen LogP contribution in [0.2, 0.25) is 16.6 Å². The maximum atomic E-state index is 6.47. The van der Waals surface area contributed by atoms with Crippen molar-refractivity contribution in [3.63, 3.8) is 0 Å². The number of ether oxygens (including phenoxy) is 1. The first-order valence-corrected chi connectivity index (χ1v) is 10.3. The Kier molecular flexibility index (Phi) is 7.64. The molecule has 2 nitrogen and oxygen atoms in total. The molecule has 0 N–H and O–H groups in total. The molecule has 0 saturated carbocycles. The van der Waals surface area contributed by atoms with E-state index < -0.39 is 8.32 Å². The highest BCUT2D eigenvalue weighted by Gasteiger charge is 2.44. The van der Waals surface area contributed by atoms with Crippen LogP contribution in [0.3, 0.4) is 0 Å². The zero-order valence-corrected chi connectivity index (χ0v) is 15.6. The highest BCUT2D eigenvalue weighted by Crippen LogP contribution is 2.42. The van der Waals surface area contributed by atoms with E-state index >= 15 is 0 Å². The molecule has 0 aliphatic rings. The average Bonchev–Trinajstić information content (AvgIpc) is 2.42. The van der Waals surface area contributed by atoms with Gasteiger partial charge in [-0.3, -0.25) is 0 Å². The molecule has 1 aromatic carbocycles. The van der Waals surface area contributed by atoms with Gasteiger partial charge in [0.05, 0.1) is 19.8 Å². The van der Waals surface area contributed by atoms with Crippen LogP contribution in [0, 0.1) is 0 Å².